The number of amides is 2. The van der Waals surface area contributed by atoms with Crippen LogP contribution in [-0.2, 0) is 7.05 Å². The summed E-state index contributed by atoms with van der Waals surface area (Å²) in [4.78, 5) is 24.3. The SMILES string of the molecule is Cn1nc(C(=O)NC2CCCCC2)cc1NC(=O)c1ccco1. The third kappa shape index (κ3) is 3.61. The number of nitrogens with zero attached hydrogens (tertiary/aromatic N) is 2. The Bertz CT molecular complexity index is 684. The van der Waals surface area contributed by atoms with Crippen molar-refractivity contribution in [2.45, 2.75) is 38.1 Å². The molecule has 0 bridgehead atoms. The van der Waals surface area contributed by atoms with E-state index in [9.17, 15) is 9.59 Å². The Balaban J connectivity index is 1.65. The number of aromatic nitrogens is 2. The van der Waals surface area contributed by atoms with Gasteiger partial charge in [0.1, 0.15) is 5.82 Å². The van der Waals surface area contributed by atoms with Crippen LogP contribution < -0.4 is 10.6 Å². The van der Waals surface area contributed by atoms with Gasteiger partial charge in [-0.1, -0.05) is 19.3 Å². The number of nitrogens with one attached hydrogen (secondary N) is 2. The summed E-state index contributed by atoms with van der Waals surface area (Å²) in [6.07, 6.45) is 7.00. The largest absolute Gasteiger partial charge is 0.459 e. The van der Waals surface area contributed by atoms with E-state index < -0.39 is 0 Å². The Hall–Kier alpha value is -2.57. The Morgan fingerprint density at radius 2 is 2.04 bits per heavy atom. The maximum atomic E-state index is 12.3. The predicted molar refractivity (Wildman–Crippen MR) is 84.2 cm³/mol. The van der Waals surface area contributed by atoms with Crippen LogP contribution in [0.4, 0.5) is 5.82 Å². The molecule has 0 spiro atoms. The van der Waals surface area contributed by atoms with Crippen LogP contribution in [0.25, 0.3) is 0 Å². The number of carbonyl (C=O) groups excluding carboxylic acids is 2. The summed E-state index contributed by atoms with van der Waals surface area (Å²) >= 11 is 0. The van der Waals surface area contributed by atoms with Crippen LogP contribution in [0, 0.1) is 0 Å². The number of carbonyl (C=O) groups is 2. The lowest BCUT2D eigenvalue weighted by Crippen LogP contribution is -2.36. The molecule has 0 aliphatic heterocycles. The van der Waals surface area contributed by atoms with E-state index in [0.717, 1.165) is 25.7 Å². The molecule has 0 radical (unpaired) electrons. The van der Waals surface area contributed by atoms with E-state index in [1.54, 1.807) is 25.2 Å². The molecule has 1 aliphatic carbocycles. The Kier molecular flexibility index (Phi) is 4.45. The van der Waals surface area contributed by atoms with Gasteiger partial charge in [-0.25, -0.2) is 0 Å². The van der Waals surface area contributed by atoms with Crippen molar-refractivity contribution in [1.82, 2.24) is 15.1 Å². The Morgan fingerprint density at radius 3 is 2.74 bits per heavy atom. The van der Waals surface area contributed by atoms with E-state index in [1.165, 1.54) is 17.4 Å². The third-order valence-corrected chi connectivity index (χ3v) is 4.04. The fourth-order valence-corrected chi connectivity index (χ4v) is 2.79. The minimum absolute atomic E-state index is 0.203. The second-order valence-electron chi connectivity index (χ2n) is 5.78. The number of hydrogen-bond donors (Lipinski definition) is 2. The average molecular weight is 316 g/mol. The number of hydrogen-bond acceptors (Lipinski definition) is 4. The minimum Gasteiger partial charge on any atom is -0.459 e. The first kappa shape index (κ1) is 15.3. The smallest absolute Gasteiger partial charge is 0.292 e. The number of furan rings is 1. The van der Waals surface area contributed by atoms with Crippen LogP contribution in [0.5, 0.6) is 0 Å². The van der Waals surface area contributed by atoms with Gasteiger partial charge in [-0.2, -0.15) is 5.10 Å². The van der Waals surface area contributed by atoms with Crippen LogP contribution in [0.15, 0.2) is 28.9 Å². The van der Waals surface area contributed by atoms with Gasteiger partial charge >= 0.3 is 0 Å². The summed E-state index contributed by atoms with van der Waals surface area (Å²) in [6, 6.07) is 5.00. The number of anilines is 1. The highest BCUT2D eigenvalue weighted by Gasteiger charge is 2.20. The van der Waals surface area contributed by atoms with Crippen molar-refractivity contribution < 1.29 is 14.0 Å². The van der Waals surface area contributed by atoms with E-state index in [2.05, 4.69) is 15.7 Å². The first-order valence-electron chi connectivity index (χ1n) is 7.83. The minimum atomic E-state index is -0.378. The van der Waals surface area contributed by atoms with Crippen molar-refractivity contribution in [3.05, 3.63) is 35.9 Å². The Labute approximate surface area is 134 Å². The second-order valence-corrected chi connectivity index (χ2v) is 5.78. The molecule has 7 nitrogen and oxygen atoms in total. The van der Waals surface area contributed by atoms with Crippen molar-refractivity contribution in [1.29, 1.82) is 0 Å². The van der Waals surface area contributed by atoms with Gasteiger partial charge in [0.05, 0.1) is 6.26 Å². The molecule has 2 aromatic rings. The third-order valence-electron chi connectivity index (χ3n) is 4.04. The molecule has 23 heavy (non-hydrogen) atoms. The normalized spacial score (nSPS) is 15.3. The van der Waals surface area contributed by atoms with Crippen molar-refractivity contribution in [2.75, 3.05) is 5.32 Å². The van der Waals surface area contributed by atoms with Crippen LogP contribution in [0.2, 0.25) is 0 Å². The topological polar surface area (TPSA) is 89.2 Å². The average Bonchev–Trinajstić information content (AvgIpc) is 3.19. The molecule has 2 aromatic heterocycles. The molecule has 1 fully saturated rings. The van der Waals surface area contributed by atoms with Gasteiger partial charge < -0.3 is 15.1 Å². The molecule has 0 atom stereocenters. The van der Waals surface area contributed by atoms with E-state index in [0.29, 0.717) is 11.5 Å². The molecule has 1 aliphatic rings. The lowest BCUT2D eigenvalue weighted by Gasteiger charge is -2.22. The molecule has 0 aromatic carbocycles. The van der Waals surface area contributed by atoms with Gasteiger partial charge in [0.25, 0.3) is 11.8 Å². The van der Waals surface area contributed by atoms with Gasteiger partial charge in [-0.15, -0.1) is 0 Å². The molecule has 0 saturated heterocycles. The van der Waals surface area contributed by atoms with Gasteiger partial charge in [-0.3, -0.25) is 14.3 Å². The van der Waals surface area contributed by atoms with E-state index in [4.69, 9.17) is 4.42 Å². The van der Waals surface area contributed by atoms with E-state index in [-0.39, 0.29) is 23.6 Å². The Morgan fingerprint density at radius 1 is 1.26 bits per heavy atom. The zero-order valence-electron chi connectivity index (χ0n) is 13.0. The molecule has 7 heteroatoms. The fraction of sp³-hybridized carbons (Fsp3) is 0.438. The lowest BCUT2D eigenvalue weighted by molar-refractivity contribution is 0.0921. The predicted octanol–water partition coefficient (Wildman–Crippen LogP) is 2.33. The van der Waals surface area contributed by atoms with Crippen LogP contribution in [0.1, 0.15) is 53.1 Å². The highest BCUT2D eigenvalue weighted by Crippen LogP contribution is 2.18. The standard InChI is InChI=1S/C16H20N4O3/c1-20-14(18-16(22)13-8-5-9-23-13)10-12(19-20)15(21)17-11-6-3-2-4-7-11/h5,8-11H,2-4,6-7H2,1H3,(H,17,21)(H,18,22). The summed E-state index contributed by atoms with van der Waals surface area (Å²) in [5.74, 6) is 0.0721. The quantitative estimate of drug-likeness (QED) is 0.906. The fourth-order valence-electron chi connectivity index (χ4n) is 2.79. The number of rotatable bonds is 4. The van der Waals surface area contributed by atoms with Crippen molar-refractivity contribution >= 4 is 17.6 Å². The molecule has 3 rings (SSSR count). The molecular weight excluding hydrogens is 296 g/mol. The lowest BCUT2D eigenvalue weighted by atomic mass is 9.95. The van der Waals surface area contributed by atoms with Gasteiger partial charge in [-0.05, 0) is 25.0 Å². The highest BCUT2D eigenvalue weighted by molar-refractivity contribution is 6.02. The summed E-state index contributed by atoms with van der Waals surface area (Å²) in [6.45, 7) is 0. The molecule has 122 valence electrons. The number of aryl methyl sites for hydroxylation is 1. The summed E-state index contributed by atoms with van der Waals surface area (Å²) in [5, 5.41) is 9.86. The monoisotopic (exact) mass is 316 g/mol. The molecule has 0 unspecified atom stereocenters. The van der Waals surface area contributed by atoms with Gasteiger partial charge in [0.15, 0.2) is 11.5 Å². The first-order valence-corrected chi connectivity index (χ1v) is 7.83. The van der Waals surface area contributed by atoms with Crippen molar-refractivity contribution in [3.63, 3.8) is 0 Å². The molecular formula is C16H20N4O3. The van der Waals surface area contributed by atoms with Crippen LogP contribution in [0.3, 0.4) is 0 Å². The molecule has 2 heterocycles. The molecule has 2 amide bonds. The maximum absolute atomic E-state index is 12.3. The highest BCUT2D eigenvalue weighted by atomic mass is 16.3. The van der Waals surface area contributed by atoms with Gasteiger partial charge in [0, 0.05) is 19.2 Å². The van der Waals surface area contributed by atoms with Crippen LogP contribution >= 0.6 is 0 Å². The summed E-state index contributed by atoms with van der Waals surface area (Å²) < 4.78 is 6.51. The van der Waals surface area contributed by atoms with Crippen LogP contribution in [-0.4, -0.2) is 27.6 Å². The zero-order valence-corrected chi connectivity index (χ0v) is 13.0. The van der Waals surface area contributed by atoms with Gasteiger partial charge in [0.2, 0.25) is 0 Å². The van der Waals surface area contributed by atoms with Crippen molar-refractivity contribution in [2.24, 2.45) is 7.05 Å². The molecule has 2 N–H and O–H groups in total. The first-order chi connectivity index (χ1) is 11.1. The van der Waals surface area contributed by atoms with E-state index >= 15 is 0 Å². The zero-order chi connectivity index (χ0) is 16.2. The second kappa shape index (κ2) is 6.68. The summed E-state index contributed by atoms with van der Waals surface area (Å²) in [7, 11) is 1.68. The summed E-state index contributed by atoms with van der Waals surface area (Å²) in [5.41, 5.74) is 0.299. The van der Waals surface area contributed by atoms with E-state index in [1.807, 2.05) is 0 Å². The van der Waals surface area contributed by atoms with Crippen molar-refractivity contribution in [3.8, 4) is 0 Å². The maximum Gasteiger partial charge on any atom is 0.292 e. The molecule has 1 saturated carbocycles.